The molecule has 4 rings (SSSR count). The molecule has 0 amide bonds. The Morgan fingerprint density at radius 2 is 1.29 bits per heavy atom. The minimum atomic E-state index is 1.31. The number of aryl methyl sites for hydroxylation is 2. The van der Waals surface area contributed by atoms with E-state index in [2.05, 4.69) is 75.4 Å². The minimum Gasteiger partial charge on any atom is -0.0616 e. The molecular weight excluding hydrogens is 252 g/mol. The second kappa shape index (κ2) is 4.33. The maximum atomic E-state index is 2.37. The van der Waals surface area contributed by atoms with E-state index in [4.69, 9.17) is 0 Å². The van der Waals surface area contributed by atoms with E-state index in [9.17, 15) is 0 Å². The molecule has 0 fully saturated rings. The van der Waals surface area contributed by atoms with Crippen molar-refractivity contribution < 1.29 is 0 Å². The molecule has 21 heavy (non-hydrogen) atoms. The van der Waals surface area contributed by atoms with Crippen LogP contribution in [0.3, 0.4) is 0 Å². The first-order valence-corrected chi connectivity index (χ1v) is 7.47. The molecule has 0 spiro atoms. The molecule has 0 aromatic heterocycles. The first-order chi connectivity index (χ1) is 10.1. The predicted molar refractivity (Wildman–Crippen MR) is 93.2 cm³/mol. The molecule has 0 heterocycles. The Labute approximate surface area is 125 Å². The van der Waals surface area contributed by atoms with Crippen molar-refractivity contribution in [2.75, 3.05) is 0 Å². The van der Waals surface area contributed by atoms with Crippen molar-refractivity contribution in [3.8, 4) is 0 Å². The van der Waals surface area contributed by atoms with Gasteiger partial charge in [0.05, 0.1) is 0 Å². The lowest BCUT2D eigenvalue weighted by atomic mass is 9.92. The Kier molecular flexibility index (Phi) is 2.56. The van der Waals surface area contributed by atoms with E-state index < -0.39 is 0 Å². The lowest BCUT2D eigenvalue weighted by Gasteiger charge is -2.12. The van der Waals surface area contributed by atoms with Crippen molar-refractivity contribution in [2.45, 2.75) is 20.8 Å². The van der Waals surface area contributed by atoms with Gasteiger partial charge in [0, 0.05) is 0 Å². The maximum absolute atomic E-state index is 2.37. The summed E-state index contributed by atoms with van der Waals surface area (Å²) in [6.45, 7) is 6.66. The highest BCUT2D eigenvalue weighted by atomic mass is 14.1. The highest BCUT2D eigenvalue weighted by molar-refractivity contribution is 6.12. The monoisotopic (exact) mass is 270 g/mol. The summed E-state index contributed by atoms with van der Waals surface area (Å²) < 4.78 is 0. The third-order valence-corrected chi connectivity index (χ3v) is 4.85. The number of hydrogen-bond acceptors (Lipinski definition) is 0. The first-order valence-electron chi connectivity index (χ1n) is 7.47. The van der Waals surface area contributed by atoms with Gasteiger partial charge in [-0.05, 0) is 81.9 Å². The fraction of sp³-hybridized carbons (Fsp3) is 0.143. The van der Waals surface area contributed by atoms with Crippen molar-refractivity contribution in [1.29, 1.82) is 0 Å². The van der Waals surface area contributed by atoms with Crippen LogP contribution in [0.2, 0.25) is 0 Å². The van der Waals surface area contributed by atoms with Crippen molar-refractivity contribution in [3.63, 3.8) is 0 Å². The Hall–Kier alpha value is -2.34. The quantitative estimate of drug-likeness (QED) is 0.268. The van der Waals surface area contributed by atoms with Gasteiger partial charge >= 0.3 is 0 Å². The van der Waals surface area contributed by atoms with Crippen LogP contribution in [0.4, 0.5) is 0 Å². The summed E-state index contributed by atoms with van der Waals surface area (Å²) >= 11 is 0. The van der Waals surface area contributed by atoms with Crippen LogP contribution in [0.5, 0.6) is 0 Å². The number of hydrogen-bond donors (Lipinski definition) is 0. The van der Waals surface area contributed by atoms with Gasteiger partial charge in [0.25, 0.3) is 0 Å². The summed E-state index contributed by atoms with van der Waals surface area (Å²) in [7, 11) is 0. The molecule has 0 heteroatoms. The van der Waals surface area contributed by atoms with Crippen molar-refractivity contribution in [1.82, 2.24) is 0 Å². The average Bonchev–Trinajstić information content (AvgIpc) is 2.51. The van der Waals surface area contributed by atoms with Gasteiger partial charge < -0.3 is 0 Å². The molecule has 0 atom stereocenters. The molecule has 0 bridgehead atoms. The van der Waals surface area contributed by atoms with Crippen LogP contribution in [-0.2, 0) is 0 Å². The summed E-state index contributed by atoms with van der Waals surface area (Å²) in [5, 5.41) is 8.05. The van der Waals surface area contributed by atoms with Gasteiger partial charge in [-0.2, -0.15) is 0 Å². The number of rotatable bonds is 0. The molecule has 0 radical (unpaired) electrons. The molecule has 0 unspecified atom stereocenters. The van der Waals surface area contributed by atoms with Crippen molar-refractivity contribution in [2.24, 2.45) is 0 Å². The van der Waals surface area contributed by atoms with Crippen LogP contribution < -0.4 is 0 Å². The molecule has 4 aromatic carbocycles. The average molecular weight is 270 g/mol. The summed E-state index contributed by atoms with van der Waals surface area (Å²) in [6, 6.07) is 20.1. The SMILES string of the molecule is Cc1cc2cc3ccc4ccccc4c3cc2c(C)c1C. The summed E-state index contributed by atoms with van der Waals surface area (Å²) in [6.07, 6.45) is 0. The Balaban J connectivity index is 2.24. The van der Waals surface area contributed by atoms with E-state index in [1.54, 1.807) is 0 Å². The van der Waals surface area contributed by atoms with Gasteiger partial charge in [-0.1, -0.05) is 42.5 Å². The van der Waals surface area contributed by atoms with E-state index in [1.165, 1.54) is 49.0 Å². The molecule has 0 saturated heterocycles. The van der Waals surface area contributed by atoms with Crippen LogP contribution in [-0.4, -0.2) is 0 Å². The third kappa shape index (κ3) is 1.76. The topological polar surface area (TPSA) is 0 Å². The molecule has 4 aromatic rings. The van der Waals surface area contributed by atoms with Gasteiger partial charge in [0.1, 0.15) is 0 Å². The number of benzene rings is 4. The molecular formula is C21H18. The summed E-state index contributed by atoms with van der Waals surface area (Å²) in [5.41, 5.74) is 4.18. The highest BCUT2D eigenvalue weighted by Crippen LogP contribution is 2.32. The zero-order valence-corrected chi connectivity index (χ0v) is 12.7. The fourth-order valence-electron chi connectivity index (χ4n) is 3.36. The molecule has 0 aliphatic heterocycles. The molecule has 102 valence electrons. The van der Waals surface area contributed by atoms with E-state index in [-0.39, 0.29) is 0 Å². The smallest absolute Gasteiger partial charge is 0.00989 e. The van der Waals surface area contributed by atoms with Gasteiger partial charge in [-0.15, -0.1) is 0 Å². The van der Waals surface area contributed by atoms with E-state index in [1.807, 2.05) is 0 Å². The first kappa shape index (κ1) is 12.4. The second-order valence-corrected chi connectivity index (χ2v) is 6.02. The normalized spacial score (nSPS) is 11.6. The van der Waals surface area contributed by atoms with Crippen LogP contribution in [0.1, 0.15) is 16.7 Å². The Bertz CT molecular complexity index is 1010. The van der Waals surface area contributed by atoms with E-state index in [0.29, 0.717) is 0 Å². The van der Waals surface area contributed by atoms with E-state index in [0.717, 1.165) is 0 Å². The van der Waals surface area contributed by atoms with Gasteiger partial charge in [0.2, 0.25) is 0 Å². The maximum Gasteiger partial charge on any atom is -0.00989 e. The lowest BCUT2D eigenvalue weighted by molar-refractivity contribution is 1.30. The van der Waals surface area contributed by atoms with Gasteiger partial charge in [-0.25, -0.2) is 0 Å². The Morgan fingerprint density at radius 3 is 2.14 bits per heavy atom. The van der Waals surface area contributed by atoms with Gasteiger partial charge in [-0.3, -0.25) is 0 Å². The molecule has 0 nitrogen and oxygen atoms in total. The molecule has 0 N–H and O–H groups in total. The van der Waals surface area contributed by atoms with Crippen molar-refractivity contribution in [3.05, 3.63) is 71.3 Å². The summed E-state index contributed by atoms with van der Waals surface area (Å²) in [4.78, 5) is 0. The number of fused-ring (bicyclic) bond motifs is 4. The largest absolute Gasteiger partial charge is 0.0616 e. The van der Waals surface area contributed by atoms with Crippen LogP contribution in [0, 0.1) is 20.8 Å². The zero-order valence-electron chi connectivity index (χ0n) is 12.7. The second-order valence-electron chi connectivity index (χ2n) is 6.02. The van der Waals surface area contributed by atoms with Gasteiger partial charge in [0.15, 0.2) is 0 Å². The lowest BCUT2D eigenvalue weighted by Crippen LogP contribution is -1.89. The highest BCUT2D eigenvalue weighted by Gasteiger charge is 2.07. The zero-order chi connectivity index (χ0) is 14.6. The van der Waals surface area contributed by atoms with Crippen LogP contribution >= 0.6 is 0 Å². The molecule has 0 saturated carbocycles. The molecule has 0 aliphatic rings. The third-order valence-electron chi connectivity index (χ3n) is 4.85. The predicted octanol–water partition coefficient (Wildman–Crippen LogP) is 6.07. The summed E-state index contributed by atoms with van der Waals surface area (Å²) in [5.74, 6) is 0. The molecule has 0 aliphatic carbocycles. The van der Waals surface area contributed by atoms with Crippen molar-refractivity contribution >= 4 is 32.3 Å². The minimum absolute atomic E-state index is 1.31. The van der Waals surface area contributed by atoms with Crippen LogP contribution in [0.15, 0.2) is 54.6 Å². The standard InChI is InChI=1S/C21H18/c1-13-10-18-11-17-9-8-16-6-4-5-7-19(16)21(17)12-20(18)15(3)14(13)2/h4-12H,1-3H3. The van der Waals surface area contributed by atoms with E-state index >= 15 is 0 Å². The van der Waals surface area contributed by atoms with Crippen LogP contribution in [0.25, 0.3) is 32.3 Å². The fourth-order valence-corrected chi connectivity index (χ4v) is 3.36. The Morgan fingerprint density at radius 1 is 0.524 bits per heavy atom.